The SMILES string of the molecule is CN[C@@H](C)C(=O)N[C@H]1CN(C(=O)CC(C)C)CC[C@H]2CC[C@@H](c3nc4ncnc(-c5ccccc5)c4[nH]3)N2C1=O. The first kappa shape index (κ1) is 27.7. The van der Waals surface area contributed by atoms with Crippen molar-refractivity contribution in [1.29, 1.82) is 0 Å². The lowest BCUT2D eigenvalue weighted by Gasteiger charge is -2.39. The third-order valence-electron chi connectivity index (χ3n) is 7.94. The van der Waals surface area contributed by atoms with Crippen molar-refractivity contribution in [1.82, 2.24) is 40.4 Å². The largest absolute Gasteiger partial charge is 0.341 e. The predicted molar refractivity (Wildman–Crippen MR) is 151 cm³/mol. The molecule has 11 nitrogen and oxygen atoms in total. The van der Waals surface area contributed by atoms with Crippen LogP contribution in [0.1, 0.15) is 58.3 Å². The summed E-state index contributed by atoms with van der Waals surface area (Å²) in [6.07, 6.45) is 4.09. The standard InChI is InChI=1S/C29H38N8O3/c1-17(2)14-23(38)36-13-12-20-10-11-22(37(20)29(40)21(15-36)33-28(39)18(3)30-4)26-34-25-24(19-8-6-5-7-9-19)31-16-32-27(25)35-26/h5-9,16-18,20-22,30H,10-15H2,1-4H3,(H,33,39)(H,31,32,34,35)/t18-,20+,21-,22-/m0/s1. The molecule has 2 aliphatic rings. The minimum atomic E-state index is -0.855. The number of aromatic amines is 1. The number of aromatic nitrogens is 4. The second-order valence-electron chi connectivity index (χ2n) is 11.2. The van der Waals surface area contributed by atoms with Gasteiger partial charge in [-0.15, -0.1) is 0 Å². The highest BCUT2D eigenvalue weighted by atomic mass is 16.2. The first-order chi connectivity index (χ1) is 19.3. The number of carbonyl (C=O) groups excluding carboxylic acids is 3. The molecule has 3 N–H and O–H groups in total. The molecule has 0 saturated carbocycles. The molecular formula is C29H38N8O3. The summed E-state index contributed by atoms with van der Waals surface area (Å²) in [5, 5.41) is 5.85. The van der Waals surface area contributed by atoms with Gasteiger partial charge in [0, 0.05) is 31.1 Å². The van der Waals surface area contributed by atoms with Gasteiger partial charge in [-0.1, -0.05) is 44.2 Å². The summed E-state index contributed by atoms with van der Waals surface area (Å²) in [5.74, 6) is 0.398. The Morgan fingerprint density at radius 1 is 1.10 bits per heavy atom. The highest BCUT2D eigenvalue weighted by Crippen LogP contribution is 2.39. The van der Waals surface area contributed by atoms with E-state index in [0.29, 0.717) is 30.9 Å². The van der Waals surface area contributed by atoms with Crippen molar-refractivity contribution in [3.8, 4) is 11.3 Å². The van der Waals surface area contributed by atoms with E-state index in [9.17, 15) is 14.4 Å². The Morgan fingerprint density at radius 2 is 1.88 bits per heavy atom. The van der Waals surface area contributed by atoms with Crippen molar-refractivity contribution in [3.63, 3.8) is 0 Å². The highest BCUT2D eigenvalue weighted by Gasteiger charge is 2.44. The van der Waals surface area contributed by atoms with E-state index in [1.165, 1.54) is 6.33 Å². The third kappa shape index (κ3) is 5.56. The number of rotatable bonds is 7. The lowest BCUT2D eigenvalue weighted by molar-refractivity contribution is -0.144. The topological polar surface area (TPSA) is 136 Å². The van der Waals surface area contributed by atoms with Crippen LogP contribution in [-0.2, 0) is 14.4 Å². The van der Waals surface area contributed by atoms with Crippen LogP contribution in [0.25, 0.3) is 22.4 Å². The second kappa shape index (κ2) is 11.7. The molecule has 3 amide bonds. The van der Waals surface area contributed by atoms with Crippen molar-refractivity contribution >= 4 is 28.9 Å². The van der Waals surface area contributed by atoms with Crippen LogP contribution in [0, 0.1) is 5.92 Å². The van der Waals surface area contributed by atoms with Gasteiger partial charge < -0.3 is 25.4 Å². The van der Waals surface area contributed by atoms with Crippen LogP contribution >= 0.6 is 0 Å². The summed E-state index contributed by atoms with van der Waals surface area (Å²) < 4.78 is 0. The number of carbonyl (C=O) groups is 3. The molecule has 5 rings (SSSR count). The van der Waals surface area contributed by atoms with Crippen molar-refractivity contribution in [2.75, 3.05) is 20.1 Å². The third-order valence-corrected chi connectivity index (χ3v) is 7.94. The molecule has 3 aromatic rings. The number of fused-ring (bicyclic) bond motifs is 2. The molecule has 0 aliphatic carbocycles. The number of imidazole rings is 1. The summed E-state index contributed by atoms with van der Waals surface area (Å²) in [4.78, 5) is 60.9. The van der Waals surface area contributed by atoms with Crippen LogP contribution in [0.2, 0.25) is 0 Å². The Kier molecular flexibility index (Phi) is 8.11. The van der Waals surface area contributed by atoms with Gasteiger partial charge in [-0.2, -0.15) is 0 Å². The summed E-state index contributed by atoms with van der Waals surface area (Å²) in [7, 11) is 1.70. The zero-order valence-corrected chi connectivity index (χ0v) is 23.6. The van der Waals surface area contributed by atoms with E-state index in [0.717, 1.165) is 29.6 Å². The summed E-state index contributed by atoms with van der Waals surface area (Å²) >= 11 is 0. The lowest BCUT2D eigenvalue weighted by Crippen LogP contribution is -2.60. The number of H-pyrrole nitrogens is 1. The number of hydrogen-bond donors (Lipinski definition) is 3. The average Bonchev–Trinajstić information content (AvgIpc) is 3.56. The number of likely N-dealkylation sites (N-methyl/N-ethyl adjacent to an activating group) is 1. The van der Waals surface area contributed by atoms with Gasteiger partial charge in [-0.05, 0) is 39.2 Å². The van der Waals surface area contributed by atoms with Gasteiger partial charge in [0.05, 0.1) is 17.8 Å². The van der Waals surface area contributed by atoms with Crippen LogP contribution in [0.5, 0.6) is 0 Å². The van der Waals surface area contributed by atoms with E-state index in [1.807, 2.05) is 49.1 Å². The molecule has 2 aliphatic heterocycles. The van der Waals surface area contributed by atoms with Crippen LogP contribution in [0.3, 0.4) is 0 Å². The van der Waals surface area contributed by atoms with Crippen LogP contribution < -0.4 is 10.6 Å². The van der Waals surface area contributed by atoms with Gasteiger partial charge in [0.25, 0.3) is 0 Å². The Morgan fingerprint density at radius 3 is 2.60 bits per heavy atom. The molecule has 4 atom stereocenters. The van der Waals surface area contributed by atoms with E-state index in [-0.39, 0.29) is 42.3 Å². The maximum atomic E-state index is 14.2. The van der Waals surface area contributed by atoms with Gasteiger partial charge in [0.1, 0.15) is 23.7 Å². The van der Waals surface area contributed by atoms with Crippen molar-refractivity contribution in [2.24, 2.45) is 5.92 Å². The smallest absolute Gasteiger partial charge is 0.247 e. The van der Waals surface area contributed by atoms with Gasteiger partial charge in [-0.3, -0.25) is 14.4 Å². The fourth-order valence-electron chi connectivity index (χ4n) is 5.70. The minimum Gasteiger partial charge on any atom is -0.341 e. The van der Waals surface area contributed by atoms with Crippen LogP contribution in [0.15, 0.2) is 36.7 Å². The van der Waals surface area contributed by atoms with E-state index >= 15 is 0 Å². The van der Waals surface area contributed by atoms with Crippen molar-refractivity contribution < 1.29 is 14.4 Å². The molecule has 0 radical (unpaired) electrons. The number of amides is 3. The lowest BCUT2D eigenvalue weighted by atomic mass is 10.0. The molecule has 1 aromatic carbocycles. The Hall–Kier alpha value is -3.86. The number of nitrogens with zero attached hydrogens (tertiary/aromatic N) is 5. The fourth-order valence-corrected chi connectivity index (χ4v) is 5.70. The Bertz CT molecular complexity index is 1370. The number of benzene rings is 1. The number of hydrogen-bond acceptors (Lipinski definition) is 7. The van der Waals surface area contributed by atoms with Gasteiger partial charge in [-0.25, -0.2) is 15.0 Å². The minimum absolute atomic E-state index is 0.0102. The highest BCUT2D eigenvalue weighted by molar-refractivity contribution is 5.91. The second-order valence-corrected chi connectivity index (χ2v) is 11.2. The fraction of sp³-hybridized carbons (Fsp3) is 0.517. The molecule has 2 aromatic heterocycles. The first-order valence-electron chi connectivity index (χ1n) is 14.1. The number of nitrogens with one attached hydrogen (secondary N) is 3. The summed E-state index contributed by atoms with van der Waals surface area (Å²) in [5.41, 5.74) is 2.97. The predicted octanol–water partition coefficient (Wildman–Crippen LogP) is 2.42. The molecule has 212 valence electrons. The monoisotopic (exact) mass is 546 g/mol. The maximum Gasteiger partial charge on any atom is 0.247 e. The molecule has 2 fully saturated rings. The van der Waals surface area contributed by atoms with E-state index in [1.54, 1.807) is 18.9 Å². The molecule has 40 heavy (non-hydrogen) atoms. The first-order valence-corrected chi connectivity index (χ1v) is 14.1. The van der Waals surface area contributed by atoms with Gasteiger partial charge in [0.15, 0.2) is 5.65 Å². The molecule has 11 heteroatoms. The van der Waals surface area contributed by atoms with Gasteiger partial charge >= 0.3 is 0 Å². The summed E-state index contributed by atoms with van der Waals surface area (Å²) in [6.45, 7) is 6.43. The van der Waals surface area contributed by atoms with Crippen molar-refractivity contribution in [3.05, 3.63) is 42.5 Å². The molecular weight excluding hydrogens is 508 g/mol. The zero-order valence-electron chi connectivity index (χ0n) is 23.6. The van der Waals surface area contributed by atoms with Crippen molar-refractivity contribution in [2.45, 2.75) is 70.6 Å². The average molecular weight is 547 g/mol. The molecule has 0 unspecified atom stereocenters. The maximum absolute atomic E-state index is 14.2. The van der Waals surface area contributed by atoms with Gasteiger partial charge in [0.2, 0.25) is 17.7 Å². The molecule has 4 heterocycles. The molecule has 0 bridgehead atoms. The van der Waals surface area contributed by atoms with E-state index in [2.05, 4.69) is 25.6 Å². The van der Waals surface area contributed by atoms with E-state index in [4.69, 9.17) is 4.98 Å². The molecule has 0 spiro atoms. The zero-order chi connectivity index (χ0) is 28.4. The summed E-state index contributed by atoms with van der Waals surface area (Å²) in [6, 6.07) is 8.15. The van der Waals surface area contributed by atoms with E-state index < -0.39 is 12.1 Å². The normalized spacial score (nSPS) is 22.2. The Labute approximate surface area is 234 Å². The molecule has 2 saturated heterocycles. The van der Waals surface area contributed by atoms with Crippen LogP contribution in [-0.4, -0.2) is 85.7 Å². The quantitative estimate of drug-likeness (QED) is 0.414. The Balaban J connectivity index is 1.47. The van der Waals surface area contributed by atoms with Crippen LogP contribution in [0.4, 0.5) is 0 Å².